The summed E-state index contributed by atoms with van der Waals surface area (Å²) >= 11 is 2.04. The van der Waals surface area contributed by atoms with E-state index < -0.39 is 0 Å². The van der Waals surface area contributed by atoms with Gasteiger partial charge in [0.15, 0.2) is 5.65 Å². The maximum atomic E-state index is 5.67. The molecule has 0 saturated carbocycles. The summed E-state index contributed by atoms with van der Waals surface area (Å²) in [6.45, 7) is 0. The highest BCUT2D eigenvalue weighted by Crippen LogP contribution is 2.27. The van der Waals surface area contributed by atoms with Gasteiger partial charge in [0.05, 0.1) is 24.3 Å². The number of hydrogen-bond acceptors (Lipinski definition) is 4. The van der Waals surface area contributed by atoms with Gasteiger partial charge in [0, 0.05) is 5.56 Å². The normalized spacial score (nSPS) is 20.6. The Morgan fingerprint density at radius 3 is 3.25 bits per heavy atom. The SMILES string of the molecule is Nc1cnc2c(CC3CCSC3)cnn2c1. The van der Waals surface area contributed by atoms with Crippen LogP contribution in [0.4, 0.5) is 5.69 Å². The molecule has 0 spiro atoms. The van der Waals surface area contributed by atoms with E-state index in [1.807, 2.05) is 24.2 Å². The number of nitrogen functional groups attached to an aromatic ring is 1. The van der Waals surface area contributed by atoms with E-state index in [0.717, 1.165) is 18.0 Å². The van der Waals surface area contributed by atoms with Crippen molar-refractivity contribution >= 4 is 23.1 Å². The first-order chi connectivity index (χ1) is 7.83. The molecule has 1 fully saturated rings. The first-order valence-corrected chi connectivity index (χ1v) is 6.64. The van der Waals surface area contributed by atoms with Crippen molar-refractivity contribution in [2.75, 3.05) is 17.2 Å². The maximum Gasteiger partial charge on any atom is 0.158 e. The Hall–Kier alpha value is -1.23. The molecule has 16 heavy (non-hydrogen) atoms. The minimum atomic E-state index is 0.651. The van der Waals surface area contributed by atoms with Gasteiger partial charge in [-0.2, -0.15) is 16.9 Å². The number of thioether (sulfide) groups is 1. The second kappa shape index (κ2) is 3.97. The average Bonchev–Trinajstić information content (AvgIpc) is 2.89. The van der Waals surface area contributed by atoms with Crippen molar-refractivity contribution in [3.8, 4) is 0 Å². The Morgan fingerprint density at radius 1 is 1.50 bits per heavy atom. The summed E-state index contributed by atoms with van der Waals surface area (Å²) in [6, 6.07) is 0. The average molecular weight is 234 g/mol. The van der Waals surface area contributed by atoms with Crippen molar-refractivity contribution in [3.63, 3.8) is 0 Å². The maximum absolute atomic E-state index is 5.67. The lowest BCUT2D eigenvalue weighted by Gasteiger charge is -2.05. The molecule has 2 aromatic rings. The summed E-state index contributed by atoms with van der Waals surface area (Å²) in [5, 5.41) is 4.29. The summed E-state index contributed by atoms with van der Waals surface area (Å²) in [5.74, 6) is 3.36. The summed E-state index contributed by atoms with van der Waals surface area (Å²) in [4.78, 5) is 4.35. The molecule has 1 aliphatic heterocycles. The van der Waals surface area contributed by atoms with Gasteiger partial charge in [-0.05, 0) is 30.3 Å². The van der Waals surface area contributed by atoms with Crippen molar-refractivity contribution in [1.82, 2.24) is 14.6 Å². The molecule has 0 amide bonds. The van der Waals surface area contributed by atoms with E-state index in [1.165, 1.54) is 23.5 Å². The highest BCUT2D eigenvalue weighted by Gasteiger charge is 2.18. The van der Waals surface area contributed by atoms with Crippen LogP contribution in [0.15, 0.2) is 18.6 Å². The van der Waals surface area contributed by atoms with Gasteiger partial charge in [-0.15, -0.1) is 0 Å². The fraction of sp³-hybridized carbons (Fsp3) is 0.455. The van der Waals surface area contributed by atoms with Gasteiger partial charge in [0.25, 0.3) is 0 Å². The third-order valence-electron chi connectivity index (χ3n) is 2.98. The van der Waals surface area contributed by atoms with Gasteiger partial charge in [-0.3, -0.25) is 0 Å². The summed E-state index contributed by atoms with van der Waals surface area (Å²) in [6.07, 6.45) is 7.84. The molecule has 2 N–H and O–H groups in total. The first-order valence-electron chi connectivity index (χ1n) is 5.48. The third-order valence-corrected chi connectivity index (χ3v) is 4.21. The van der Waals surface area contributed by atoms with E-state index in [4.69, 9.17) is 5.73 Å². The van der Waals surface area contributed by atoms with Gasteiger partial charge in [-0.1, -0.05) is 0 Å². The van der Waals surface area contributed by atoms with Gasteiger partial charge in [0.1, 0.15) is 0 Å². The molecule has 84 valence electrons. The van der Waals surface area contributed by atoms with E-state index >= 15 is 0 Å². The molecule has 5 heteroatoms. The molecule has 2 aromatic heterocycles. The van der Waals surface area contributed by atoms with Gasteiger partial charge in [-0.25, -0.2) is 9.50 Å². The van der Waals surface area contributed by atoms with Crippen molar-refractivity contribution < 1.29 is 0 Å². The highest BCUT2D eigenvalue weighted by atomic mass is 32.2. The van der Waals surface area contributed by atoms with Crippen LogP contribution in [0.1, 0.15) is 12.0 Å². The van der Waals surface area contributed by atoms with E-state index in [0.29, 0.717) is 5.69 Å². The van der Waals surface area contributed by atoms with Crippen LogP contribution in [0.25, 0.3) is 5.65 Å². The molecule has 4 nitrogen and oxygen atoms in total. The first kappa shape index (κ1) is 9.96. The molecule has 0 bridgehead atoms. The standard InChI is InChI=1S/C11H14N4S/c12-10-5-13-11-9(4-14-15(11)6-10)3-8-1-2-16-7-8/h4-6,8H,1-3,7,12H2. The minimum absolute atomic E-state index is 0.651. The van der Waals surface area contributed by atoms with E-state index in [9.17, 15) is 0 Å². The topological polar surface area (TPSA) is 56.2 Å². The van der Waals surface area contributed by atoms with E-state index in [-0.39, 0.29) is 0 Å². The molecule has 0 aliphatic carbocycles. The van der Waals surface area contributed by atoms with Crippen LogP contribution in [0.3, 0.4) is 0 Å². The zero-order chi connectivity index (χ0) is 11.0. The zero-order valence-corrected chi connectivity index (χ0v) is 9.78. The zero-order valence-electron chi connectivity index (χ0n) is 8.97. The molecule has 1 atom stereocenters. The van der Waals surface area contributed by atoms with Crippen molar-refractivity contribution in [2.24, 2.45) is 5.92 Å². The number of fused-ring (bicyclic) bond motifs is 1. The quantitative estimate of drug-likeness (QED) is 0.857. The third kappa shape index (κ3) is 1.75. The Morgan fingerprint density at radius 2 is 2.44 bits per heavy atom. The van der Waals surface area contributed by atoms with Crippen LogP contribution in [0.5, 0.6) is 0 Å². The smallest absolute Gasteiger partial charge is 0.158 e. The van der Waals surface area contributed by atoms with Gasteiger partial charge >= 0.3 is 0 Å². The molecule has 3 heterocycles. The summed E-state index contributed by atoms with van der Waals surface area (Å²) < 4.78 is 1.77. The molecule has 1 aliphatic rings. The summed E-state index contributed by atoms with van der Waals surface area (Å²) in [7, 11) is 0. The molecule has 0 aromatic carbocycles. The number of nitrogens with zero attached hydrogens (tertiary/aromatic N) is 3. The number of anilines is 1. The lowest BCUT2D eigenvalue weighted by Crippen LogP contribution is -2.03. The monoisotopic (exact) mass is 234 g/mol. The van der Waals surface area contributed by atoms with Crippen LogP contribution in [-0.2, 0) is 6.42 Å². The molecular formula is C11H14N4S. The molecular weight excluding hydrogens is 220 g/mol. The second-order valence-corrected chi connectivity index (χ2v) is 5.41. The van der Waals surface area contributed by atoms with E-state index in [2.05, 4.69) is 10.1 Å². The van der Waals surface area contributed by atoms with Crippen molar-refractivity contribution in [2.45, 2.75) is 12.8 Å². The Balaban J connectivity index is 1.91. The Kier molecular flexibility index (Phi) is 2.47. The fourth-order valence-electron chi connectivity index (χ4n) is 2.14. The molecule has 3 rings (SSSR count). The lowest BCUT2D eigenvalue weighted by atomic mass is 10.0. The van der Waals surface area contributed by atoms with Crippen LogP contribution >= 0.6 is 11.8 Å². The number of aromatic nitrogens is 3. The van der Waals surface area contributed by atoms with Gasteiger partial charge < -0.3 is 5.73 Å². The van der Waals surface area contributed by atoms with Crippen LogP contribution in [0, 0.1) is 5.92 Å². The van der Waals surface area contributed by atoms with E-state index in [1.54, 1.807) is 10.7 Å². The van der Waals surface area contributed by atoms with Crippen molar-refractivity contribution in [1.29, 1.82) is 0 Å². The summed E-state index contributed by atoms with van der Waals surface area (Å²) in [5.41, 5.74) is 8.51. The van der Waals surface area contributed by atoms with Gasteiger partial charge in [0.2, 0.25) is 0 Å². The van der Waals surface area contributed by atoms with Crippen LogP contribution < -0.4 is 5.73 Å². The fourth-order valence-corrected chi connectivity index (χ4v) is 3.42. The van der Waals surface area contributed by atoms with Crippen LogP contribution in [0.2, 0.25) is 0 Å². The number of nitrogens with two attached hydrogens (primary N) is 1. The number of hydrogen-bond donors (Lipinski definition) is 1. The van der Waals surface area contributed by atoms with Crippen molar-refractivity contribution in [3.05, 3.63) is 24.2 Å². The molecule has 1 saturated heterocycles. The largest absolute Gasteiger partial charge is 0.396 e. The predicted molar refractivity (Wildman–Crippen MR) is 66.5 cm³/mol. The molecule has 1 unspecified atom stereocenters. The molecule has 0 radical (unpaired) electrons. The number of rotatable bonds is 2. The highest BCUT2D eigenvalue weighted by molar-refractivity contribution is 7.99. The lowest BCUT2D eigenvalue weighted by molar-refractivity contribution is 0.597. The Bertz CT molecular complexity index is 502. The second-order valence-electron chi connectivity index (χ2n) is 4.26. The predicted octanol–water partition coefficient (Wildman–Crippen LogP) is 1.61. The Labute approximate surface area is 98.2 Å². The van der Waals surface area contributed by atoms with Crippen LogP contribution in [-0.4, -0.2) is 26.1 Å². The minimum Gasteiger partial charge on any atom is -0.396 e.